The van der Waals surface area contributed by atoms with E-state index in [9.17, 15) is 9.90 Å². The predicted octanol–water partition coefficient (Wildman–Crippen LogP) is 3.55. The number of rotatable bonds is 4. The highest BCUT2D eigenvalue weighted by Gasteiger charge is 2.48. The molecule has 0 amide bonds. The smallest absolute Gasteiger partial charge is 0.311 e. The number of carboxylic acids is 1. The quantitative estimate of drug-likeness (QED) is 0.917. The van der Waals surface area contributed by atoms with Gasteiger partial charge in [0.1, 0.15) is 0 Å². The van der Waals surface area contributed by atoms with Gasteiger partial charge in [0.2, 0.25) is 0 Å². The number of hydrogen-bond donors (Lipinski definition) is 1. The van der Waals surface area contributed by atoms with E-state index in [0.717, 1.165) is 13.0 Å². The molecule has 1 saturated heterocycles. The van der Waals surface area contributed by atoms with Crippen LogP contribution in [0.2, 0.25) is 0 Å². The lowest BCUT2D eigenvalue weighted by Gasteiger charge is -2.30. The Hall–Kier alpha value is -0.870. The molecule has 2 heterocycles. The highest BCUT2D eigenvalue weighted by atomic mass is 32.1. The van der Waals surface area contributed by atoms with Gasteiger partial charge in [0.05, 0.1) is 5.41 Å². The summed E-state index contributed by atoms with van der Waals surface area (Å²) in [6, 6.07) is 2.46. The number of nitrogens with zero attached hydrogens (tertiary/aromatic N) is 1. The van der Waals surface area contributed by atoms with Gasteiger partial charge >= 0.3 is 5.97 Å². The van der Waals surface area contributed by atoms with Gasteiger partial charge in [-0.25, -0.2) is 0 Å². The lowest BCUT2D eigenvalue weighted by atomic mass is 9.76. The Morgan fingerprint density at radius 2 is 2.16 bits per heavy atom. The van der Waals surface area contributed by atoms with Gasteiger partial charge in [0.25, 0.3) is 0 Å². The van der Waals surface area contributed by atoms with Crippen LogP contribution in [0.1, 0.15) is 43.7 Å². The number of carbonyl (C=O) groups is 1. The lowest BCUT2D eigenvalue weighted by Crippen LogP contribution is -2.39. The molecular weight excluding hydrogens is 258 g/mol. The first-order chi connectivity index (χ1) is 8.88. The summed E-state index contributed by atoms with van der Waals surface area (Å²) in [5.41, 5.74) is 0.745. The number of likely N-dealkylation sites (tertiary alicyclic amines) is 1. The van der Waals surface area contributed by atoms with Crippen molar-refractivity contribution in [1.29, 1.82) is 0 Å². The van der Waals surface area contributed by atoms with E-state index in [1.165, 1.54) is 10.4 Å². The van der Waals surface area contributed by atoms with Gasteiger partial charge < -0.3 is 5.11 Å². The van der Waals surface area contributed by atoms with E-state index in [0.29, 0.717) is 12.6 Å². The standard InChI is InChI=1S/C15H23NO2S/c1-10(2)15(14(17)18)6-7-16(9-15)12(4)13-11(3)5-8-19-13/h5,8,10,12H,6-7,9H2,1-4H3,(H,17,18). The second-order valence-corrected chi connectivity index (χ2v) is 6.93. The van der Waals surface area contributed by atoms with Gasteiger partial charge in [-0.2, -0.15) is 0 Å². The van der Waals surface area contributed by atoms with E-state index in [1.807, 2.05) is 13.8 Å². The zero-order chi connectivity index (χ0) is 14.2. The zero-order valence-electron chi connectivity index (χ0n) is 12.1. The third kappa shape index (κ3) is 2.43. The van der Waals surface area contributed by atoms with Crippen molar-refractivity contribution < 1.29 is 9.90 Å². The maximum Gasteiger partial charge on any atom is 0.311 e. The monoisotopic (exact) mass is 281 g/mol. The van der Waals surface area contributed by atoms with Gasteiger partial charge in [-0.05, 0) is 49.7 Å². The summed E-state index contributed by atoms with van der Waals surface area (Å²) >= 11 is 1.77. The minimum absolute atomic E-state index is 0.173. The maximum absolute atomic E-state index is 11.7. The Morgan fingerprint density at radius 3 is 2.58 bits per heavy atom. The Kier molecular flexibility index (Phi) is 4.02. The molecule has 2 rings (SSSR count). The lowest BCUT2D eigenvalue weighted by molar-refractivity contribution is -0.151. The molecule has 1 aliphatic heterocycles. The SMILES string of the molecule is Cc1ccsc1C(C)N1CCC(C(=O)O)(C(C)C)C1. The summed E-state index contributed by atoms with van der Waals surface area (Å²) < 4.78 is 0. The van der Waals surface area contributed by atoms with Crippen molar-refractivity contribution in [3.63, 3.8) is 0 Å². The number of thiophene rings is 1. The molecule has 2 unspecified atom stereocenters. The van der Waals surface area contributed by atoms with Gasteiger partial charge in [-0.3, -0.25) is 9.69 Å². The van der Waals surface area contributed by atoms with Gasteiger partial charge in [0.15, 0.2) is 0 Å². The fourth-order valence-electron chi connectivity index (χ4n) is 3.07. The molecule has 1 aromatic heterocycles. The molecule has 106 valence electrons. The molecule has 1 N–H and O–H groups in total. The Bertz CT molecular complexity index is 468. The second kappa shape index (κ2) is 5.25. The van der Waals surface area contributed by atoms with Crippen molar-refractivity contribution in [2.24, 2.45) is 11.3 Å². The summed E-state index contributed by atoms with van der Waals surface area (Å²) in [4.78, 5) is 15.4. The molecule has 0 bridgehead atoms. The molecule has 3 nitrogen and oxygen atoms in total. The van der Waals surface area contributed by atoms with Crippen molar-refractivity contribution >= 4 is 17.3 Å². The largest absolute Gasteiger partial charge is 0.481 e. The first-order valence-corrected chi connectivity index (χ1v) is 7.78. The topological polar surface area (TPSA) is 40.5 Å². The van der Waals surface area contributed by atoms with E-state index >= 15 is 0 Å². The van der Waals surface area contributed by atoms with Crippen molar-refractivity contribution in [3.05, 3.63) is 21.9 Å². The van der Waals surface area contributed by atoms with E-state index in [2.05, 4.69) is 30.2 Å². The fraction of sp³-hybridized carbons (Fsp3) is 0.667. The number of hydrogen-bond acceptors (Lipinski definition) is 3. The Balaban J connectivity index is 2.18. The predicted molar refractivity (Wildman–Crippen MR) is 78.6 cm³/mol. The average Bonchev–Trinajstić information content (AvgIpc) is 2.94. The molecule has 0 radical (unpaired) electrons. The van der Waals surface area contributed by atoms with E-state index < -0.39 is 11.4 Å². The molecule has 4 heteroatoms. The van der Waals surface area contributed by atoms with Crippen LogP contribution in [0.15, 0.2) is 11.4 Å². The first-order valence-electron chi connectivity index (χ1n) is 6.90. The second-order valence-electron chi connectivity index (χ2n) is 5.98. The minimum atomic E-state index is -0.639. The van der Waals surface area contributed by atoms with Crippen molar-refractivity contribution in [2.45, 2.75) is 40.2 Å². The summed E-state index contributed by atoms with van der Waals surface area (Å²) in [5.74, 6) is -0.466. The van der Waals surface area contributed by atoms with Crippen LogP contribution in [0.25, 0.3) is 0 Å². The third-order valence-electron chi connectivity index (χ3n) is 4.69. The molecule has 1 aromatic rings. The summed E-state index contributed by atoms with van der Waals surface area (Å²) in [5, 5.41) is 11.7. The van der Waals surface area contributed by atoms with Gasteiger partial charge in [-0.1, -0.05) is 13.8 Å². The van der Waals surface area contributed by atoms with Crippen LogP contribution in [0.3, 0.4) is 0 Å². The van der Waals surface area contributed by atoms with Crippen molar-refractivity contribution in [2.75, 3.05) is 13.1 Å². The molecule has 2 atom stereocenters. The van der Waals surface area contributed by atoms with Gasteiger partial charge in [0, 0.05) is 17.5 Å². The van der Waals surface area contributed by atoms with Crippen molar-refractivity contribution in [3.8, 4) is 0 Å². The van der Waals surface area contributed by atoms with E-state index in [-0.39, 0.29) is 5.92 Å². The van der Waals surface area contributed by atoms with Crippen LogP contribution in [-0.4, -0.2) is 29.1 Å². The molecule has 0 aliphatic carbocycles. The van der Waals surface area contributed by atoms with Crippen LogP contribution in [0, 0.1) is 18.3 Å². The Labute approximate surface area is 119 Å². The molecule has 0 saturated carbocycles. The summed E-state index contributed by atoms with van der Waals surface area (Å²) in [7, 11) is 0. The fourth-order valence-corrected chi connectivity index (χ4v) is 4.08. The average molecular weight is 281 g/mol. The van der Waals surface area contributed by atoms with E-state index in [4.69, 9.17) is 0 Å². The Morgan fingerprint density at radius 1 is 1.47 bits per heavy atom. The number of aliphatic carboxylic acids is 1. The molecule has 1 aliphatic rings. The third-order valence-corrected chi connectivity index (χ3v) is 5.88. The first kappa shape index (κ1) is 14.5. The summed E-state index contributed by atoms with van der Waals surface area (Å²) in [6.07, 6.45) is 0.759. The number of carboxylic acid groups (broad SMARTS) is 1. The van der Waals surface area contributed by atoms with Crippen LogP contribution in [-0.2, 0) is 4.79 Å². The molecule has 0 aromatic carbocycles. The summed E-state index contributed by atoms with van der Waals surface area (Å²) in [6.45, 7) is 9.92. The molecule has 1 fully saturated rings. The molecule has 19 heavy (non-hydrogen) atoms. The molecule has 0 spiro atoms. The van der Waals surface area contributed by atoms with Crippen LogP contribution in [0.5, 0.6) is 0 Å². The minimum Gasteiger partial charge on any atom is -0.481 e. The van der Waals surface area contributed by atoms with Crippen LogP contribution in [0.4, 0.5) is 0 Å². The van der Waals surface area contributed by atoms with Gasteiger partial charge in [-0.15, -0.1) is 11.3 Å². The zero-order valence-corrected chi connectivity index (χ0v) is 13.0. The number of aryl methyl sites for hydroxylation is 1. The maximum atomic E-state index is 11.7. The highest BCUT2D eigenvalue weighted by Crippen LogP contribution is 2.42. The van der Waals surface area contributed by atoms with Crippen LogP contribution >= 0.6 is 11.3 Å². The van der Waals surface area contributed by atoms with E-state index in [1.54, 1.807) is 11.3 Å². The normalized spacial score (nSPS) is 25.9. The molecular formula is C15H23NO2S. The van der Waals surface area contributed by atoms with Crippen molar-refractivity contribution in [1.82, 2.24) is 4.90 Å². The van der Waals surface area contributed by atoms with Crippen LogP contribution < -0.4 is 0 Å². The highest BCUT2D eigenvalue weighted by molar-refractivity contribution is 7.10.